The number of aromatic nitrogens is 2. The fourth-order valence-corrected chi connectivity index (χ4v) is 4.68. The zero-order valence-corrected chi connectivity index (χ0v) is 14.3. The Morgan fingerprint density at radius 1 is 1.30 bits per heavy atom. The van der Waals surface area contributed by atoms with E-state index in [1.807, 2.05) is 6.07 Å². The van der Waals surface area contributed by atoms with E-state index < -0.39 is 10.0 Å². The van der Waals surface area contributed by atoms with Gasteiger partial charge in [-0.15, -0.1) is 0 Å². The van der Waals surface area contributed by atoms with Gasteiger partial charge in [-0.25, -0.2) is 8.42 Å². The van der Waals surface area contributed by atoms with Crippen molar-refractivity contribution in [3.63, 3.8) is 0 Å². The Morgan fingerprint density at radius 3 is 2.61 bits per heavy atom. The molecule has 0 aliphatic carbocycles. The summed E-state index contributed by atoms with van der Waals surface area (Å²) in [6.07, 6.45) is 3.26. The molecule has 0 saturated carbocycles. The summed E-state index contributed by atoms with van der Waals surface area (Å²) in [7, 11) is -2.04. The molecule has 0 spiro atoms. The lowest BCUT2D eigenvalue weighted by Crippen LogP contribution is -2.37. The smallest absolute Gasteiger partial charge is 0.243 e. The van der Waals surface area contributed by atoms with E-state index in [9.17, 15) is 8.42 Å². The Hall–Kier alpha value is -1.57. The fraction of sp³-hybridized carbons (Fsp3) is 0.400. The molecule has 1 aromatic carbocycles. The second kappa shape index (κ2) is 6.51. The number of benzene rings is 1. The normalized spacial score (nSPS) is 17.3. The predicted octanol–water partition coefficient (Wildman–Crippen LogP) is 2.64. The van der Waals surface area contributed by atoms with Crippen molar-refractivity contribution >= 4 is 21.6 Å². The first-order valence-corrected chi connectivity index (χ1v) is 9.17. The molecule has 0 bridgehead atoms. The van der Waals surface area contributed by atoms with Crippen molar-refractivity contribution in [1.29, 1.82) is 0 Å². The molecule has 0 radical (unpaired) electrons. The maximum atomic E-state index is 12.7. The van der Waals surface area contributed by atoms with Crippen LogP contribution in [0.15, 0.2) is 35.4 Å². The highest BCUT2D eigenvalue weighted by Crippen LogP contribution is 2.32. The van der Waals surface area contributed by atoms with Crippen molar-refractivity contribution in [2.45, 2.75) is 23.7 Å². The Bertz CT molecular complexity index is 769. The largest absolute Gasteiger partial charge is 0.495 e. The molecule has 8 heteroatoms. The predicted molar refractivity (Wildman–Crippen MR) is 87.3 cm³/mol. The van der Waals surface area contributed by atoms with E-state index in [0.717, 1.165) is 18.5 Å². The maximum Gasteiger partial charge on any atom is 0.243 e. The van der Waals surface area contributed by atoms with Crippen LogP contribution < -0.4 is 4.74 Å². The van der Waals surface area contributed by atoms with E-state index in [4.69, 9.17) is 16.3 Å². The molecule has 0 atom stereocenters. The summed E-state index contributed by atoms with van der Waals surface area (Å²) < 4.78 is 32.1. The molecule has 1 saturated heterocycles. The molecule has 3 rings (SSSR count). The van der Waals surface area contributed by atoms with E-state index in [1.54, 1.807) is 12.3 Å². The molecule has 1 aromatic heterocycles. The first kappa shape index (κ1) is 16.3. The van der Waals surface area contributed by atoms with Crippen molar-refractivity contribution < 1.29 is 13.2 Å². The number of halogens is 1. The lowest BCUT2D eigenvalue weighted by atomic mass is 9.95. The highest BCUT2D eigenvalue weighted by Gasteiger charge is 2.30. The van der Waals surface area contributed by atoms with Crippen LogP contribution in [-0.4, -0.2) is 43.1 Å². The average molecular weight is 356 g/mol. The molecule has 1 aliphatic rings. The number of aromatic amines is 1. The molecular weight excluding hydrogens is 338 g/mol. The van der Waals surface area contributed by atoms with Gasteiger partial charge in [0.2, 0.25) is 10.0 Å². The number of rotatable bonds is 4. The van der Waals surface area contributed by atoms with Crippen LogP contribution in [0, 0.1) is 0 Å². The van der Waals surface area contributed by atoms with Gasteiger partial charge < -0.3 is 4.74 Å². The van der Waals surface area contributed by atoms with Crippen LogP contribution in [0.3, 0.4) is 0 Å². The summed E-state index contributed by atoms with van der Waals surface area (Å²) in [5, 5.41) is 7.21. The van der Waals surface area contributed by atoms with Gasteiger partial charge in [0.25, 0.3) is 0 Å². The minimum atomic E-state index is -3.53. The first-order chi connectivity index (χ1) is 11.0. The van der Waals surface area contributed by atoms with Crippen LogP contribution in [-0.2, 0) is 10.0 Å². The molecule has 2 heterocycles. The van der Waals surface area contributed by atoms with Gasteiger partial charge in [0, 0.05) is 30.9 Å². The van der Waals surface area contributed by atoms with Gasteiger partial charge in [-0.2, -0.15) is 9.40 Å². The van der Waals surface area contributed by atoms with Crippen LogP contribution in [0.25, 0.3) is 0 Å². The standard InChI is InChI=1S/C15H18ClN3O3S/c1-22-15-3-2-12(10-13(15)16)23(20,21)19-8-5-11(6-9-19)14-4-7-17-18-14/h2-4,7,10-11H,5-6,8-9H2,1H3,(H,17,18). The number of methoxy groups -OCH3 is 1. The molecule has 1 fully saturated rings. The third-order valence-corrected chi connectivity index (χ3v) is 6.37. The highest BCUT2D eigenvalue weighted by molar-refractivity contribution is 7.89. The highest BCUT2D eigenvalue weighted by atomic mass is 35.5. The van der Waals surface area contributed by atoms with Crippen molar-refractivity contribution in [2.75, 3.05) is 20.2 Å². The summed E-state index contributed by atoms with van der Waals surface area (Å²) in [6.45, 7) is 0.964. The summed E-state index contributed by atoms with van der Waals surface area (Å²) in [4.78, 5) is 0.197. The van der Waals surface area contributed by atoms with Crippen molar-refractivity contribution in [2.24, 2.45) is 0 Å². The SMILES string of the molecule is COc1ccc(S(=O)(=O)N2CCC(c3ccn[nH]3)CC2)cc1Cl. The third kappa shape index (κ3) is 3.22. The lowest BCUT2D eigenvalue weighted by Gasteiger charge is -2.30. The monoisotopic (exact) mass is 355 g/mol. The van der Waals surface area contributed by atoms with Crippen LogP contribution >= 0.6 is 11.6 Å². The van der Waals surface area contributed by atoms with Gasteiger partial charge in [0.05, 0.1) is 17.0 Å². The lowest BCUT2D eigenvalue weighted by molar-refractivity contribution is 0.316. The van der Waals surface area contributed by atoms with E-state index in [0.29, 0.717) is 29.8 Å². The molecule has 0 amide bonds. The van der Waals surface area contributed by atoms with Crippen LogP contribution in [0.2, 0.25) is 5.02 Å². The minimum Gasteiger partial charge on any atom is -0.495 e. The van der Waals surface area contributed by atoms with Gasteiger partial charge in [-0.1, -0.05) is 11.6 Å². The quantitative estimate of drug-likeness (QED) is 0.914. The van der Waals surface area contributed by atoms with Crippen molar-refractivity contribution in [3.05, 3.63) is 41.2 Å². The molecule has 0 unspecified atom stereocenters. The molecule has 1 aliphatic heterocycles. The van der Waals surface area contributed by atoms with Gasteiger partial charge in [-0.05, 0) is 37.1 Å². The Labute approximate surface area is 140 Å². The second-order valence-corrected chi connectivity index (χ2v) is 7.83. The first-order valence-electron chi connectivity index (χ1n) is 7.35. The van der Waals surface area contributed by atoms with E-state index in [2.05, 4.69) is 10.2 Å². The zero-order valence-electron chi connectivity index (χ0n) is 12.7. The van der Waals surface area contributed by atoms with Gasteiger partial charge in [-0.3, -0.25) is 5.10 Å². The summed E-state index contributed by atoms with van der Waals surface area (Å²) >= 11 is 6.05. The molecule has 2 aromatic rings. The Morgan fingerprint density at radius 2 is 2.04 bits per heavy atom. The Balaban J connectivity index is 1.75. The number of sulfonamides is 1. The molecule has 23 heavy (non-hydrogen) atoms. The topological polar surface area (TPSA) is 75.3 Å². The average Bonchev–Trinajstić information content (AvgIpc) is 3.09. The van der Waals surface area contributed by atoms with Crippen LogP contribution in [0.4, 0.5) is 0 Å². The van der Waals surface area contributed by atoms with Gasteiger partial charge >= 0.3 is 0 Å². The molecular formula is C15H18ClN3O3S. The van der Waals surface area contributed by atoms with Gasteiger partial charge in [0.1, 0.15) is 5.75 Å². The van der Waals surface area contributed by atoms with Crippen molar-refractivity contribution in [3.8, 4) is 5.75 Å². The number of nitrogens with zero attached hydrogens (tertiary/aromatic N) is 2. The minimum absolute atomic E-state index is 0.197. The second-order valence-electron chi connectivity index (χ2n) is 5.49. The number of hydrogen-bond donors (Lipinski definition) is 1. The van der Waals surface area contributed by atoms with E-state index in [1.165, 1.54) is 23.5 Å². The van der Waals surface area contributed by atoms with E-state index in [-0.39, 0.29) is 4.90 Å². The van der Waals surface area contributed by atoms with Crippen LogP contribution in [0.1, 0.15) is 24.5 Å². The van der Waals surface area contributed by atoms with E-state index >= 15 is 0 Å². The Kier molecular flexibility index (Phi) is 4.61. The fourth-order valence-electron chi connectivity index (χ4n) is 2.86. The zero-order chi connectivity index (χ0) is 16.4. The summed E-state index contributed by atoms with van der Waals surface area (Å²) in [5.41, 5.74) is 1.06. The van der Waals surface area contributed by atoms with Crippen molar-refractivity contribution in [1.82, 2.24) is 14.5 Å². The number of piperidine rings is 1. The third-order valence-electron chi connectivity index (χ3n) is 4.18. The number of nitrogens with one attached hydrogen (secondary N) is 1. The molecule has 124 valence electrons. The number of ether oxygens (including phenoxy) is 1. The number of hydrogen-bond acceptors (Lipinski definition) is 4. The summed E-state index contributed by atoms with van der Waals surface area (Å²) in [5.74, 6) is 0.784. The summed E-state index contributed by atoms with van der Waals surface area (Å²) in [6, 6.07) is 6.49. The van der Waals surface area contributed by atoms with Gasteiger partial charge in [0.15, 0.2) is 0 Å². The molecule has 6 nitrogen and oxygen atoms in total. The van der Waals surface area contributed by atoms with Crippen LogP contribution in [0.5, 0.6) is 5.75 Å². The molecule has 1 N–H and O–H groups in total. The number of H-pyrrole nitrogens is 1. The maximum absolute atomic E-state index is 12.7.